The second kappa shape index (κ2) is 6.92. The van der Waals surface area contributed by atoms with Gasteiger partial charge in [0, 0.05) is 22.7 Å². The highest BCUT2D eigenvalue weighted by Gasteiger charge is 1.95. The molecule has 0 aliphatic rings. The van der Waals surface area contributed by atoms with Crippen molar-refractivity contribution in [1.29, 1.82) is 0 Å². The predicted octanol–water partition coefficient (Wildman–Crippen LogP) is 3.80. The van der Waals surface area contributed by atoms with Crippen LogP contribution in [0.3, 0.4) is 0 Å². The minimum atomic E-state index is 1.13. The van der Waals surface area contributed by atoms with Gasteiger partial charge in [-0.05, 0) is 12.8 Å². The maximum atomic E-state index is 4.21. The van der Waals surface area contributed by atoms with Gasteiger partial charge >= 0.3 is 0 Å². The van der Waals surface area contributed by atoms with Crippen molar-refractivity contribution in [2.24, 2.45) is 0 Å². The molecule has 0 atom stereocenters. The van der Waals surface area contributed by atoms with E-state index in [1.54, 1.807) is 11.3 Å². The lowest BCUT2D eigenvalue weighted by atomic mass is 10.3. The number of thiazole rings is 1. The maximum Gasteiger partial charge on any atom is 0.149 e. The number of halogens is 1. The first-order valence-corrected chi connectivity index (χ1v) is 7.00. The van der Waals surface area contributed by atoms with Crippen LogP contribution in [0.15, 0.2) is 15.9 Å². The molecule has 12 heavy (non-hydrogen) atoms. The molecule has 1 rings (SSSR count). The molecule has 0 bridgehead atoms. The highest BCUT2D eigenvalue weighted by Crippen LogP contribution is 2.21. The Morgan fingerprint density at radius 3 is 3.00 bits per heavy atom. The van der Waals surface area contributed by atoms with Gasteiger partial charge in [0.15, 0.2) is 0 Å². The van der Waals surface area contributed by atoms with Gasteiger partial charge in [0.1, 0.15) is 4.34 Å². The number of alkyl halides is 1. The summed E-state index contributed by atoms with van der Waals surface area (Å²) in [7, 11) is 0. The van der Waals surface area contributed by atoms with Crippen LogP contribution in [-0.4, -0.2) is 16.1 Å². The van der Waals surface area contributed by atoms with Gasteiger partial charge in [-0.2, -0.15) is 0 Å². The van der Waals surface area contributed by atoms with Crippen molar-refractivity contribution in [2.75, 3.05) is 11.1 Å². The zero-order valence-corrected chi connectivity index (χ0v) is 10.1. The fourth-order valence-corrected chi connectivity index (χ4v) is 2.92. The van der Waals surface area contributed by atoms with Crippen LogP contribution < -0.4 is 0 Å². The summed E-state index contributed by atoms with van der Waals surface area (Å²) in [4.78, 5) is 4.21. The summed E-state index contributed by atoms with van der Waals surface area (Å²) < 4.78 is 1.20. The molecule has 0 spiro atoms. The van der Waals surface area contributed by atoms with E-state index in [9.17, 15) is 0 Å². The largest absolute Gasteiger partial charge is 0.238 e. The lowest BCUT2D eigenvalue weighted by Gasteiger charge is -1.96. The molecule has 0 N–H and O–H groups in total. The molecular weight excluding hydrogens is 254 g/mol. The van der Waals surface area contributed by atoms with E-state index in [0.717, 1.165) is 5.33 Å². The number of rotatable bonds is 6. The maximum absolute atomic E-state index is 4.21. The summed E-state index contributed by atoms with van der Waals surface area (Å²) in [5, 5.41) is 3.16. The van der Waals surface area contributed by atoms with Crippen molar-refractivity contribution in [3.8, 4) is 0 Å². The van der Waals surface area contributed by atoms with Gasteiger partial charge in [-0.1, -0.05) is 34.1 Å². The molecule has 0 fully saturated rings. The third-order valence-electron chi connectivity index (χ3n) is 1.41. The Kier molecular flexibility index (Phi) is 6.08. The topological polar surface area (TPSA) is 12.9 Å². The van der Waals surface area contributed by atoms with E-state index in [2.05, 4.69) is 20.9 Å². The third-order valence-corrected chi connectivity index (χ3v) is 4.03. The van der Waals surface area contributed by atoms with Gasteiger partial charge in [-0.3, -0.25) is 0 Å². The lowest BCUT2D eigenvalue weighted by Crippen LogP contribution is -1.81. The third kappa shape index (κ3) is 4.48. The highest BCUT2D eigenvalue weighted by molar-refractivity contribution is 9.09. The normalized spacial score (nSPS) is 10.4. The fraction of sp³-hybridized carbons (Fsp3) is 0.625. The lowest BCUT2D eigenvalue weighted by molar-refractivity contribution is 0.788. The molecule has 0 aliphatic heterocycles. The minimum Gasteiger partial charge on any atom is -0.238 e. The number of thioether (sulfide) groups is 1. The van der Waals surface area contributed by atoms with Crippen molar-refractivity contribution in [3.05, 3.63) is 11.6 Å². The molecule has 0 aromatic carbocycles. The SMILES string of the molecule is BrCCCCCSc1nccs1. The average Bonchev–Trinajstić information content (AvgIpc) is 2.57. The molecule has 0 unspecified atom stereocenters. The summed E-state index contributed by atoms with van der Waals surface area (Å²) in [5.41, 5.74) is 0. The Morgan fingerprint density at radius 2 is 2.33 bits per heavy atom. The molecule has 68 valence electrons. The Hall–Kier alpha value is 0.460. The smallest absolute Gasteiger partial charge is 0.149 e. The van der Waals surface area contributed by atoms with E-state index >= 15 is 0 Å². The van der Waals surface area contributed by atoms with Crippen LogP contribution in [0.4, 0.5) is 0 Å². The van der Waals surface area contributed by atoms with E-state index in [0.29, 0.717) is 0 Å². The van der Waals surface area contributed by atoms with Crippen molar-refractivity contribution in [2.45, 2.75) is 23.6 Å². The molecule has 1 aromatic heterocycles. The Bertz CT molecular complexity index is 189. The summed E-state index contributed by atoms with van der Waals surface area (Å²) in [6.45, 7) is 0. The second-order valence-corrected chi connectivity index (χ2v) is 5.43. The van der Waals surface area contributed by atoms with E-state index in [-0.39, 0.29) is 0 Å². The average molecular weight is 266 g/mol. The summed E-state index contributed by atoms with van der Waals surface area (Å²) in [6.07, 6.45) is 5.78. The van der Waals surface area contributed by atoms with Gasteiger partial charge in [0.2, 0.25) is 0 Å². The first kappa shape index (κ1) is 10.5. The minimum absolute atomic E-state index is 1.13. The van der Waals surface area contributed by atoms with E-state index in [1.165, 1.54) is 29.4 Å². The van der Waals surface area contributed by atoms with E-state index < -0.39 is 0 Å². The van der Waals surface area contributed by atoms with Crippen molar-refractivity contribution < 1.29 is 0 Å². The van der Waals surface area contributed by atoms with Crippen LogP contribution in [-0.2, 0) is 0 Å². The Balaban J connectivity index is 1.96. The molecule has 0 saturated carbocycles. The quantitative estimate of drug-likeness (QED) is 0.441. The first-order valence-electron chi connectivity index (χ1n) is 4.02. The summed E-state index contributed by atoms with van der Waals surface area (Å²) in [6, 6.07) is 0. The zero-order chi connectivity index (χ0) is 8.65. The van der Waals surface area contributed by atoms with Crippen LogP contribution in [0.2, 0.25) is 0 Å². The van der Waals surface area contributed by atoms with Gasteiger partial charge < -0.3 is 0 Å². The molecular formula is C8H12BrNS2. The monoisotopic (exact) mass is 265 g/mol. The van der Waals surface area contributed by atoms with E-state index in [1.807, 2.05) is 23.3 Å². The molecule has 0 amide bonds. The van der Waals surface area contributed by atoms with Crippen LogP contribution in [0.25, 0.3) is 0 Å². The zero-order valence-electron chi connectivity index (χ0n) is 6.83. The first-order chi connectivity index (χ1) is 5.93. The number of hydrogen-bond acceptors (Lipinski definition) is 3. The van der Waals surface area contributed by atoms with Crippen LogP contribution in [0.1, 0.15) is 19.3 Å². The Morgan fingerprint density at radius 1 is 1.42 bits per heavy atom. The Labute approximate surface area is 90.1 Å². The predicted molar refractivity (Wildman–Crippen MR) is 60.5 cm³/mol. The van der Waals surface area contributed by atoms with Gasteiger partial charge in [-0.25, -0.2) is 4.98 Å². The van der Waals surface area contributed by atoms with Gasteiger partial charge in [-0.15, -0.1) is 11.3 Å². The van der Waals surface area contributed by atoms with Crippen molar-refractivity contribution >= 4 is 39.0 Å². The molecule has 1 nitrogen and oxygen atoms in total. The molecule has 1 aromatic rings. The van der Waals surface area contributed by atoms with Crippen molar-refractivity contribution in [1.82, 2.24) is 4.98 Å². The number of nitrogens with zero attached hydrogens (tertiary/aromatic N) is 1. The molecule has 0 saturated heterocycles. The van der Waals surface area contributed by atoms with Crippen molar-refractivity contribution in [3.63, 3.8) is 0 Å². The second-order valence-electron chi connectivity index (χ2n) is 2.40. The number of hydrogen-bond donors (Lipinski definition) is 0. The highest BCUT2D eigenvalue weighted by atomic mass is 79.9. The van der Waals surface area contributed by atoms with E-state index in [4.69, 9.17) is 0 Å². The number of aromatic nitrogens is 1. The molecule has 0 radical (unpaired) electrons. The molecule has 4 heteroatoms. The fourth-order valence-electron chi connectivity index (χ4n) is 0.814. The van der Waals surface area contributed by atoms with Crippen LogP contribution in [0, 0.1) is 0 Å². The van der Waals surface area contributed by atoms with Gasteiger partial charge in [0.25, 0.3) is 0 Å². The summed E-state index contributed by atoms with van der Waals surface area (Å²) >= 11 is 7.02. The number of unbranched alkanes of at least 4 members (excludes halogenated alkanes) is 2. The molecule has 0 aliphatic carbocycles. The van der Waals surface area contributed by atoms with Crippen LogP contribution >= 0.6 is 39.0 Å². The molecule has 1 heterocycles. The standard InChI is InChI=1S/C8H12BrNS2/c9-4-2-1-3-6-11-8-10-5-7-12-8/h5,7H,1-4,6H2. The van der Waals surface area contributed by atoms with Gasteiger partial charge in [0.05, 0.1) is 0 Å². The summed E-state index contributed by atoms with van der Waals surface area (Å²) in [5.74, 6) is 1.21. The van der Waals surface area contributed by atoms with Crippen LogP contribution in [0.5, 0.6) is 0 Å².